The molecule has 1 aliphatic rings. The van der Waals surface area contributed by atoms with E-state index < -0.39 is 11.2 Å². The molecule has 4 rings (SSSR count). The number of halogens is 1. The molecule has 146 valence electrons. The Balaban J connectivity index is 1.68. The summed E-state index contributed by atoms with van der Waals surface area (Å²) in [5.41, 5.74) is 3.55. The minimum absolute atomic E-state index is 0.0599. The normalized spacial score (nSPS) is 13.7. The standard InChI is InChI=1S/C21H18ClN5O2/c1-2-9-26-20(28)11-19(27(21(26)29)13-14-3-4-14)25-24-12-15-7-8-23-18-6-5-16(22)10-17(15)18/h1,5-8,10-12,14,25H,3-4,9,13H2/b24-12+. The summed E-state index contributed by atoms with van der Waals surface area (Å²) in [6, 6.07) is 8.58. The molecular formula is C21H18ClN5O2. The topological polar surface area (TPSA) is 81.3 Å². The third-order valence-electron chi connectivity index (χ3n) is 4.79. The van der Waals surface area contributed by atoms with Gasteiger partial charge in [-0.15, -0.1) is 6.42 Å². The molecule has 0 amide bonds. The van der Waals surface area contributed by atoms with Gasteiger partial charge in [0.25, 0.3) is 5.56 Å². The number of benzene rings is 1. The van der Waals surface area contributed by atoms with Crippen molar-refractivity contribution in [3.8, 4) is 12.3 Å². The number of fused-ring (bicyclic) bond motifs is 1. The molecule has 2 aromatic heterocycles. The number of nitrogens with one attached hydrogen (secondary N) is 1. The van der Waals surface area contributed by atoms with Crippen LogP contribution in [0.15, 0.2) is 51.2 Å². The largest absolute Gasteiger partial charge is 0.333 e. The van der Waals surface area contributed by atoms with E-state index in [9.17, 15) is 9.59 Å². The number of hydrogen-bond donors (Lipinski definition) is 1. The van der Waals surface area contributed by atoms with Crippen molar-refractivity contribution in [3.63, 3.8) is 0 Å². The Morgan fingerprint density at radius 2 is 2.10 bits per heavy atom. The van der Waals surface area contributed by atoms with Gasteiger partial charge in [-0.1, -0.05) is 17.5 Å². The number of terminal acetylenes is 1. The summed E-state index contributed by atoms with van der Waals surface area (Å²) in [6.07, 6.45) is 10.7. The molecule has 0 unspecified atom stereocenters. The van der Waals surface area contributed by atoms with Crippen molar-refractivity contribution in [2.45, 2.75) is 25.9 Å². The summed E-state index contributed by atoms with van der Waals surface area (Å²) >= 11 is 6.09. The van der Waals surface area contributed by atoms with E-state index >= 15 is 0 Å². The van der Waals surface area contributed by atoms with Gasteiger partial charge in [0.2, 0.25) is 0 Å². The molecule has 0 saturated heterocycles. The van der Waals surface area contributed by atoms with E-state index in [2.05, 4.69) is 21.4 Å². The minimum Gasteiger partial charge on any atom is -0.278 e. The number of rotatable bonds is 6. The maximum atomic E-state index is 12.7. The van der Waals surface area contributed by atoms with Gasteiger partial charge in [-0.05, 0) is 43.0 Å². The lowest BCUT2D eigenvalue weighted by Gasteiger charge is -2.13. The van der Waals surface area contributed by atoms with Gasteiger partial charge in [-0.25, -0.2) is 9.36 Å². The number of aromatic nitrogens is 3. The van der Waals surface area contributed by atoms with E-state index in [1.807, 2.05) is 18.2 Å². The van der Waals surface area contributed by atoms with Crippen LogP contribution >= 0.6 is 11.6 Å². The lowest BCUT2D eigenvalue weighted by Crippen LogP contribution is -2.40. The lowest BCUT2D eigenvalue weighted by atomic mass is 10.1. The molecule has 29 heavy (non-hydrogen) atoms. The fraction of sp³-hybridized carbons (Fsp3) is 0.238. The summed E-state index contributed by atoms with van der Waals surface area (Å²) in [7, 11) is 0. The van der Waals surface area contributed by atoms with Crippen LogP contribution in [0.5, 0.6) is 0 Å². The second kappa shape index (κ2) is 7.94. The van der Waals surface area contributed by atoms with Gasteiger partial charge in [0.05, 0.1) is 18.3 Å². The Morgan fingerprint density at radius 3 is 2.86 bits per heavy atom. The zero-order chi connectivity index (χ0) is 20.4. The number of nitrogens with zero attached hydrogens (tertiary/aromatic N) is 4. The average molecular weight is 408 g/mol. The van der Waals surface area contributed by atoms with E-state index in [1.165, 1.54) is 10.6 Å². The zero-order valence-electron chi connectivity index (χ0n) is 15.5. The van der Waals surface area contributed by atoms with Crippen molar-refractivity contribution in [2.24, 2.45) is 11.0 Å². The molecule has 1 N–H and O–H groups in total. The average Bonchev–Trinajstić information content (AvgIpc) is 3.52. The maximum Gasteiger partial charge on any atom is 0.333 e. The molecule has 0 spiro atoms. The van der Waals surface area contributed by atoms with Crippen molar-refractivity contribution in [1.29, 1.82) is 0 Å². The molecule has 3 aromatic rings. The first-order valence-corrected chi connectivity index (χ1v) is 9.56. The van der Waals surface area contributed by atoms with Crippen molar-refractivity contribution < 1.29 is 0 Å². The molecular weight excluding hydrogens is 390 g/mol. The second-order valence-corrected chi connectivity index (χ2v) is 7.36. The van der Waals surface area contributed by atoms with E-state index in [-0.39, 0.29) is 6.54 Å². The van der Waals surface area contributed by atoms with Gasteiger partial charge in [0, 0.05) is 34.8 Å². The Labute approximate surface area is 171 Å². The number of pyridine rings is 1. The third-order valence-corrected chi connectivity index (χ3v) is 5.02. The first kappa shape index (κ1) is 19.0. The molecule has 0 aliphatic heterocycles. The summed E-state index contributed by atoms with van der Waals surface area (Å²) in [6.45, 7) is 0.463. The fourth-order valence-electron chi connectivity index (χ4n) is 3.10. The van der Waals surface area contributed by atoms with Crippen LogP contribution in [0, 0.1) is 18.3 Å². The predicted octanol–water partition coefficient (Wildman–Crippen LogP) is 2.70. The van der Waals surface area contributed by atoms with Crippen molar-refractivity contribution in [2.75, 3.05) is 5.43 Å². The maximum absolute atomic E-state index is 12.7. The van der Waals surface area contributed by atoms with Crippen LogP contribution in [0.25, 0.3) is 10.9 Å². The van der Waals surface area contributed by atoms with Gasteiger partial charge < -0.3 is 0 Å². The highest BCUT2D eigenvalue weighted by Gasteiger charge is 2.24. The van der Waals surface area contributed by atoms with Gasteiger partial charge in [-0.2, -0.15) is 5.10 Å². The highest BCUT2D eigenvalue weighted by atomic mass is 35.5. The van der Waals surface area contributed by atoms with Crippen molar-refractivity contribution >= 4 is 34.5 Å². The second-order valence-electron chi connectivity index (χ2n) is 6.93. The molecule has 1 aliphatic carbocycles. The van der Waals surface area contributed by atoms with Crippen LogP contribution in [0.3, 0.4) is 0 Å². The minimum atomic E-state index is -0.459. The van der Waals surface area contributed by atoms with Gasteiger partial charge >= 0.3 is 5.69 Å². The van der Waals surface area contributed by atoms with Crippen molar-refractivity contribution in [1.82, 2.24) is 14.1 Å². The Kier molecular flexibility index (Phi) is 5.19. The molecule has 1 fully saturated rings. The van der Waals surface area contributed by atoms with Gasteiger partial charge in [0.15, 0.2) is 0 Å². The van der Waals surface area contributed by atoms with Crippen LogP contribution in [0.2, 0.25) is 5.02 Å². The first-order valence-electron chi connectivity index (χ1n) is 9.18. The molecule has 0 atom stereocenters. The Bertz CT molecular complexity index is 1260. The highest BCUT2D eigenvalue weighted by Crippen LogP contribution is 2.30. The van der Waals surface area contributed by atoms with E-state index in [4.69, 9.17) is 18.0 Å². The molecule has 7 nitrogen and oxygen atoms in total. The van der Waals surface area contributed by atoms with E-state index in [0.29, 0.717) is 23.3 Å². The zero-order valence-corrected chi connectivity index (χ0v) is 16.3. The first-order chi connectivity index (χ1) is 14.1. The Morgan fingerprint density at radius 1 is 1.28 bits per heavy atom. The monoisotopic (exact) mass is 407 g/mol. The Hall–Kier alpha value is -3.37. The SMILES string of the molecule is C#CCn1c(=O)cc(N/N=C/c2ccnc3ccc(Cl)cc23)n(CC2CC2)c1=O. The van der Waals surface area contributed by atoms with Gasteiger partial charge in [0.1, 0.15) is 5.82 Å². The number of anilines is 1. The summed E-state index contributed by atoms with van der Waals surface area (Å²) < 4.78 is 2.57. The van der Waals surface area contributed by atoms with Crippen LogP contribution < -0.4 is 16.7 Å². The molecule has 8 heteroatoms. The van der Waals surface area contributed by atoms with Crippen molar-refractivity contribution in [3.05, 3.63) is 68.0 Å². The van der Waals surface area contributed by atoms with Crippen LogP contribution in [0.1, 0.15) is 18.4 Å². The molecule has 2 heterocycles. The summed E-state index contributed by atoms with van der Waals surface area (Å²) in [5.74, 6) is 3.12. The molecule has 1 aromatic carbocycles. The predicted molar refractivity (Wildman–Crippen MR) is 114 cm³/mol. The lowest BCUT2D eigenvalue weighted by molar-refractivity contribution is 0.556. The van der Waals surface area contributed by atoms with Crippen LogP contribution in [0.4, 0.5) is 5.82 Å². The van der Waals surface area contributed by atoms with Gasteiger partial charge in [-0.3, -0.25) is 19.8 Å². The quantitative estimate of drug-likeness (QED) is 0.387. The van der Waals surface area contributed by atoms with Crippen LogP contribution in [-0.4, -0.2) is 20.3 Å². The summed E-state index contributed by atoms with van der Waals surface area (Å²) in [4.78, 5) is 29.3. The van der Waals surface area contributed by atoms with E-state index in [0.717, 1.165) is 33.9 Å². The van der Waals surface area contributed by atoms with E-state index in [1.54, 1.807) is 18.5 Å². The molecule has 0 radical (unpaired) electrons. The van der Waals surface area contributed by atoms with Crippen LogP contribution in [-0.2, 0) is 13.1 Å². The molecule has 0 bridgehead atoms. The number of hydrogen-bond acceptors (Lipinski definition) is 5. The fourth-order valence-corrected chi connectivity index (χ4v) is 3.27. The number of hydrazone groups is 1. The highest BCUT2D eigenvalue weighted by molar-refractivity contribution is 6.31. The molecule has 1 saturated carbocycles. The third kappa shape index (κ3) is 4.08. The summed E-state index contributed by atoms with van der Waals surface area (Å²) in [5, 5.41) is 5.70. The smallest absolute Gasteiger partial charge is 0.278 e.